The number of hydrogen-bond donors (Lipinski definition) is 1. The van der Waals surface area contributed by atoms with E-state index in [-0.39, 0.29) is 0 Å². The molecule has 0 bridgehead atoms. The summed E-state index contributed by atoms with van der Waals surface area (Å²) in [6, 6.07) is 0.869. The maximum absolute atomic E-state index is 3.93. The van der Waals surface area contributed by atoms with Crippen LogP contribution in [0.2, 0.25) is 0 Å². The maximum atomic E-state index is 3.93. The largest absolute Gasteiger partial charge is 0.385 e. The fraction of sp³-hybridized carbons (Fsp3) is 0.867. The minimum absolute atomic E-state index is 0.869. The fourth-order valence-corrected chi connectivity index (χ4v) is 5.04. The molecule has 4 unspecified atom stereocenters. The molecule has 88 valence electrons. The minimum Gasteiger partial charge on any atom is -0.385 e. The lowest BCUT2D eigenvalue weighted by molar-refractivity contribution is 0.248. The molecule has 4 aliphatic rings. The van der Waals surface area contributed by atoms with Gasteiger partial charge in [0.1, 0.15) is 0 Å². The van der Waals surface area contributed by atoms with E-state index in [1.54, 1.807) is 5.70 Å². The number of allylic oxidation sites excluding steroid dienone is 1. The molecule has 4 atom stereocenters. The first-order valence-electron chi connectivity index (χ1n) is 7.42. The lowest BCUT2D eigenvalue weighted by Gasteiger charge is -2.29. The second kappa shape index (κ2) is 3.51. The molecule has 1 aliphatic heterocycles. The first kappa shape index (κ1) is 9.56. The molecule has 1 heterocycles. The third kappa shape index (κ3) is 1.23. The van der Waals surface area contributed by atoms with Gasteiger partial charge in [0, 0.05) is 17.7 Å². The summed E-state index contributed by atoms with van der Waals surface area (Å²) in [5.74, 6) is 3.07. The van der Waals surface area contributed by atoms with E-state index in [1.807, 2.05) is 5.57 Å². The molecule has 0 amide bonds. The molecule has 0 saturated heterocycles. The summed E-state index contributed by atoms with van der Waals surface area (Å²) in [6.45, 7) is 0. The second-order valence-electron chi connectivity index (χ2n) is 6.43. The minimum atomic E-state index is 0.869. The highest BCUT2D eigenvalue weighted by molar-refractivity contribution is 5.29. The van der Waals surface area contributed by atoms with Crippen LogP contribution in [0.15, 0.2) is 11.3 Å². The van der Waals surface area contributed by atoms with Gasteiger partial charge in [-0.15, -0.1) is 0 Å². The van der Waals surface area contributed by atoms with E-state index in [4.69, 9.17) is 0 Å². The zero-order chi connectivity index (χ0) is 10.5. The third-order valence-electron chi connectivity index (χ3n) is 5.72. The van der Waals surface area contributed by atoms with Crippen LogP contribution in [0.4, 0.5) is 0 Å². The van der Waals surface area contributed by atoms with Gasteiger partial charge in [-0.1, -0.05) is 19.3 Å². The first-order valence-corrected chi connectivity index (χ1v) is 7.42. The molecule has 1 nitrogen and oxygen atoms in total. The monoisotopic (exact) mass is 217 g/mol. The summed E-state index contributed by atoms with van der Waals surface area (Å²) in [5, 5.41) is 3.93. The first-order chi connectivity index (χ1) is 7.93. The number of hydrogen-bond acceptors (Lipinski definition) is 1. The standard InChI is InChI=1S/C15H23N/c1-2-6-11-10(5-1)9-13-12-7-3-4-8-14(12)16-15(11)13/h10-11,13,15-16H,1-9H2. The van der Waals surface area contributed by atoms with E-state index in [9.17, 15) is 0 Å². The van der Waals surface area contributed by atoms with Crippen LogP contribution in [0.5, 0.6) is 0 Å². The summed E-state index contributed by atoms with van der Waals surface area (Å²) in [7, 11) is 0. The zero-order valence-corrected chi connectivity index (χ0v) is 10.2. The second-order valence-corrected chi connectivity index (χ2v) is 6.43. The Bertz CT molecular complexity index is 330. The highest BCUT2D eigenvalue weighted by atomic mass is 15.0. The average Bonchev–Trinajstić information content (AvgIpc) is 2.85. The van der Waals surface area contributed by atoms with E-state index in [0.29, 0.717) is 0 Å². The molecule has 0 radical (unpaired) electrons. The van der Waals surface area contributed by atoms with Gasteiger partial charge in [0.15, 0.2) is 0 Å². The summed E-state index contributed by atoms with van der Waals surface area (Å²) in [6.07, 6.45) is 13.2. The molecule has 3 aliphatic carbocycles. The Morgan fingerprint density at radius 3 is 2.81 bits per heavy atom. The van der Waals surface area contributed by atoms with Gasteiger partial charge in [0.25, 0.3) is 0 Å². The molecule has 2 fully saturated rings. The van der Waals surface area contributed by atoms with Gasteiger partial charge in [0.2, 0.25) is 0 Å². The molecule has 4 rings (SSSR count). The van der Waals surface area contributed by atoms with Gasteiger partial charge in [-0.25, -0.2) is 0 Å². The summed E-state index contributed by atoms with van der Waals surface area (Å²) < 4.78 is 0. The Labute approximate surface area is 98.7 Å². The van der Waals surface area contributed by atoms with Gasteiger partial charge < -0.3 is 5.32 Å². The van der Waals surface area contributed by atoms with E-state index in [1.165, 1.54) is 57.8 Å². The third-order valence-corrected chi connectivity index (χ3v) is 5.72. The molecule has 16 heavy (non-hydrogen) atoms. The van der Waals surface area contributed by atoms with Gasteiger partial charge in [-0.05, 0) is 55.9 Å². The fourth-order valence-electron chi connectivity index (χ4n) is 5.04. The van der Waals surface area contributed by atoms with Crippen molar-refractivity contribution >= 4 is 0 Å². The van der Waals surface area contributed by atoms with E-state index < -0.39 is 0 Å². The van der Waals surface area contributed by atoms with Crippen LogP contribution in [0.25, 0.3) is 0 Å². The van der Waals surface area contributed by atoms with Crippen LogP contribution in [-0.2, 0) is 0 Å². The number of fused-ring (bicyclic) bond motifs is 4. The SMILES string of the molecule is C1CCC2=C(C1)NC1C2CC2CCCCC21. The van der Waals surface area contributed by atoms with Crippen molar-refractivity contribution < 1.29 is 0 Å². The van der Waals surface area contributed by atoms with Crippen molar-refractivity contribution in [1.29, 1.82) is 0 Å². The zero-order valence-electron chi connectivity index (χ0n) is 10.2. The summed E-state index contributed by atoms with van der Waals surface area (Å²) >= 11 is 0. The Morgan fingerprint density at radius 2 is 1.81 bits per heavy atom. The van der Waals surface area contributed by atoms with Crippen LogP contribution in [0, 0.1) is 17.8 Å². The number of rotatable bonds is 0. The van der Waals surface area contributed by atoms with Crippen molar-refractivity contribution in [3.8, 4) is 0 Å². The lowest BCUT2D eigenvalue weighted by Crippen LogP contribution is -2.34. The van der Waals surface area contributed by atoms with Crippen LogP contribution in [0.3, 0.4) is 0 Å². The van der Waals surface area contributed by atoms with E-state index >= 15 is 0 Å². The van der Waals surface area contributed by atoms with Crippen molar-refractivity contribution in [3.05, 3.63) is 11.3 Å². The molecule has 0 aromatic carbocycles. The predicted molar refractivity (Wildman–Crippen MR) is 66.0 cm³/mol. The van der Waals surface area contributed by atoms with Gasteiger partial charge in [0.05, 0.1) is 0 Å². The van der Waals surface area contributed by atoms with Crippen molar-refractivity contribution in [3.63, 3.8) is 0 Å². The molecule has 1 heteroatoms. The topological polar surface area (TPSA) is 12.0 Å². The van der Waals surface area contributed by atoms with Crippen molar-refractivity contribution in [2.45, 2.75) is 63.8 Å². The summed E-state index contributed by atoms with van der Waals surface area (Å²) in [4.78, 5) is 0. The molecule has 0 aromatic heterocycles. The van der Waals surface area contributed by atoms with Crippen LogP contribution in [0.1, 0.15) is 57.8 Å². The normalized spacial score (nSPS) is 46.0. The van der Waals surface area contributed by atoms with Crippen LogP contribution in [-0.4, -0.2) is 6.04 Å². The van der Waals surface area contributed by atoms with Crippen molar-refractivity contribution in [1.82, 2.24) is 5.32 Å². The predicted octanol–water partition coefficient (Wildman–Crippen LogP) is 3.61. The van der Waals surface area contributed by atoms with Gasteiger partial charge >= 0.3 is 0 Å². The summed E-state index contributed by atoms with van der Waals surface area (Å²) in [5.41, 5.74) is 3.55. The van der Waals surface area contributed by atoms with Crippen molar-refractivity contribution in [2.24, 2.45) is 17.8 Å². The molecular formula is C15H23N. The molecule has 0 aromatic rings. The average molecular weight is 217 g/mol. The van der Waals surface area contributed by atoms with E-state index in [0.717, 1.165) is 23.8 Å². The van der Waals surface area contributed by atoms with Crippen molar-refractivity contribution in [2.75, 3.05) is 0 Å². The number of nitrogens with one attached hydrogen (secondary N) is 1. The lowest BCUT2D eigenvalue weighted by atomic mass is 9.80. The molecule has 1 N–H and O–H groups in total. The smallest absolute Gasteiger partial charge is 0.0355 e. The van der Waals surface area contributed by atoms with Crippen LogP contribution >= 0.6 is 0 Å². The quantitative estimate of drug-likeness (QED) is 0.653. The van der Waals surface area contributed by atoms with E-state index in [2.05, 4.69) is 5.32 Å². The van der Waals surface area contributed by atoms with Gasteiger partial charge in [-0.3, -0.25) is 0 Å². The Balaban J connectivity index is 1.62. The highest BCUT2D eigenvalue weighted by Gasteiger charge is 2.48. The Hall–Kier alpha value is -0.460. The Morgan fingerprint density at radius 1 is 0.938 bits per heavy atom. The Kier molecular flexibility index (Phi) is 2.10. The van der Waals surface area contributed by atoms with Crippen LogP contribution < -0.4 is 5.32 Å². The highest BCUT2D eigenvalue weighted by Crippen LogP contribution is 2.52. The molecule has 0 spiro atoms. The maximum Gasteiger partial charge on any atom is 0.0355 e. The van der Waals surface area contributed by atoms with Gasteiger partial charge in [-0.2, -0.15) is 0 Å². The molecule has 2 saturated carbocycles. The molecular weight excluding hydrogens is 194 g/mol.